The normalized spacial score (nSPS) is 19.8. The van der Waals surface area contributed by atoms with Crippen LogP contribution in [0, 0.1) is 5.92 Å². The van der Waals surface area contributed by atoms with Crippen molar-refractivity contribution < 1.29 is 14.3 Å². The van der Waals surface area contributed by atoms with Gasteiger partial charge in [-0.2, -0.15) is 0 Å². The molecule has 1 atom stereocenters. The van der Waals surface area contributed by atoms with Crippen LogP contribution in [0.4, 0.5) is 0 Å². The zero-order valence-electron chi connectivity index (χ0n) is 19.3. The Morgan fingerprint density at radius 2 is 2.03 bits per heavy atom. The Morgan fingerprint density at radius 3 is 2.81 bits per heavy atom. The molecule has 4 rings (SSSR count). The molecule has 9 heteroatoms. The maximum atomic E-state index is 12.6. The number of carbonyl (C=O) groups excluding carboxylic acids is 1. The number of hydrogen-bond donors (Lipinski definition) is 1. The first kappa shape index (κ1) is 22.5. The number of methoxy groups -OCH3 is 2. The van der Waals surface area contributed by atoms with Crippen molar-refractivity contribution >= 4 is 5.91 Å². The molecule has 174 valence electrons. The van der Waals surface area contributed by atoms with Gasteiger partial charge < -0.3 is 24.3 Å². The monoisotopic (exact) mass is 442 g/mol. The third kappa shape index (κ3) is 5.21. The SMILES string of the molecule is COc1ccc(OC)c(CN2CCc3nnc(CNC(=O)C4CCCN(C)C4)n3CC2)c1. The number of ether oxygens (including phenoxy) is 2. The van der Waals surface area contributed by atoms with Crippen LogP contribution in [-0.2, 0) is 30.8 Å². The van der Waals surface area contributed by atoms with Gasteiger partial charge in [-0.1, -0.05) is 0 Å². The lowest BCUT2D eigenvalue weighted by atomic mass is 9.98. The van der Waals surface area contributed by atoms with Crippen LogP contribution in [0.5, 0.6) is 11.5 Å². The van der Waals surface area contributed by atoms with E-state index in [4.69, 9.17) is 9.47 Å². The van der Waals surface area contributed by atoms with Crippen LogP contribution in [0.15, 0.2) is 18.2 Å². The van der Waals surface area contributed by atoms with Crippen LogP contribution < -0.4 is 14.8 Å². The van der Waals surface area contributed by atoms with E-state index in [2.05, 4.69) is 36.9 Å². The van der Waals surface area contributed by atoms with Crippen LogP contribution in [0.3, 0.4) is 0 Å². The molecule has 2 aliphatic rings. The molecule has 9 nitrogen and oxygen atoms in total. The van der Waals surface area contributed by atoms with Crippen molar-refractivity contribution in [3.05, 3.63) is 35.4 Å². The molecular weight excluding hydrogens is 408 g/mol. The molecule has 0 radical (unpaired) electrons. The van der Waals surface area contributed by atoms with Crippen LogP contribution in [0.1, 0.15) is 30.1 Å². The largest absolute Gasteiger partial charge is 0.497 e. The Labute approximate surface area is 189 Å². The molecule has 1 fully saturated rings. The number of nitrogens with one attached hydrogen (secondary N) is 1. The fourth-order valence-corrected chi connectivity index (χ4v) is 4.65. The Hall–Kier alpha value is -2.65. The van der Waals surface area contributed by atoms with E-state index in [1.807, 2.05) is 18.2 Å². The Bertz CT molecular complexity index is 930. The van der Waals surface area contributed by atoms with Crippen molar-refractivity contribution in [3.8, 4) is 11.5 Å². The number of fused-ring (bicyclic) bond motifs is 1. The van der Waals surface area contributed by atoms with E-state index < -0.39 is 0 Å². The van der Waals surface area contributed by atoms with Crippen molar-refractivity contribution in [2.24, 2.45) is 5.92 Å². The highest BCUT2D eigenvalue weighted by Gasteiger charge is 2.25. The highest BCUT2D eigenvalue weighted by Crippen LogP contribution is 2.26. The fraction of sp³-hybridized carbons (Fsp3) is 0.609. The maximum absolute atomic E-state index is 12.6. The summed E-state index contributed by atoms with van der Waals surface area (Å²) in [5, 5.41) is 11.9. The molecule has 1 amide bonds. The summed E-state index contributed by atoms with van der Waals surface area (Å²) in [7, 11) is 5.45. The van der Waals surface area contributed by atoms with Gasteiger partial charge in [0.2, 0.25) is 5.91 Å². The van der Waals surface area contributed by atoms with Gasteiger partial charge >= 0.3 is 0 Å². The summed E-state index contributed by atoms with van der Waals surface area (Å²) in [6, 6.07) is 5.90. The standard InChI is InChI=1S/C23H34N6O3/c1-27-9-4-5-17(15-27)23(30)24-14-22-26-25-21-8-10-28(11-12-29(21)22)16-18-13-19(31-2)6-7-20(18)32-3/h6-7,13,17H,4-5,8-12,14-16H2,1-3H3,(H,24,30). The van der Waals surface area contributed by atoms with Gasteiger partial charge in [-0.05, 0) is 44.6 Å². The van der Waals surface area contributed by atoms with E-state index in [9.17, 15) is 4.79 Å². The Balaban J connectivity index is 1.36. The molecule has 1 N–H and O–H groups in total. The van der Waals surface area contributed by atoms with E-state index >= 15 is 0 Å². The highest BCUT2D eigenvalue weighted by molar-refractivity contribution is 5.78. The fourth-order valence-electron chi connectivity index (χ4n) is 4.65. The van der Waals surface area contributed by atoms with Gasteiger partial charge in [0.25, 0.3) is 0 Å². The van der Waals surface area contributed by atoms with Crippen molar-refractivity contribution in [1.29, 1.82) is 0 Å². The number of carbonyl (C=O) groups is 1. The van der Waals surface area contributed by atoms with Crippen molar-refractivity contribution in [3.63, 3.8) is 0 Å². The van der Waals surface area contributed by atoms with Gasteiger partial charge in [-0.15, -0.1) is 10.2 Å². The average Bonchev–Trinajstić information content (AvgIpc) is 3.09. The lowest BCUT2D eigenvalue weighted by Crippen LogP contribution is -2.41. The summed E-state index contributed by atoms with van der Waals surface area (Å²) in [4.78, 5) is 17.2. The zero-order valence-corrected chi connectivity index (χ0v) is 19.3. The number of amides is 1. The van der Waals surface area contributed by atoms with Crippen LogP contribution in [0.25, 0.3) is 0 Å². The predicted octanol–water partition coefficient (Wildman–Crippen LogP) is 1.31. The minimum Gasteiger partial charge on any atom is -0.497 e. The number of rotatable bonds is 7. The van der Waals surface area contributed by atoms with E-state index in [0.29, 0.717) is 6.54 Å². The first-order chi connectivity index (χ1) is 15.6. The van der Waals surface area contributed by atoms with Crippen LogP contribution in [0.2, 0.25) is 0 Å². The lowest BCUT2D eigenvalue weighted by molar-refractivity contribution is -0.126. The molecule has 32 heavy (non-hydrogen) atoms. The van der Waals surface area contributed by atoms with Gasteiger partial charge in [-0.3, -0.25) is 9.69 Å². The van der Waals surface area contributed by atoms with Gasteiger partial charge in [0.1, 0.15) is 17.3 Å². The first-order valence-electron chi connectivity index (χ1n) is 11.4. The first-order valence-corrected chi connectivity index (χ1v) is 11.4. The molecule has 3 heterocycles. The maximum Gasteiger partial charge on any atom is 0.224 e. The predicted molar refractivity (Wildman–Crippen MR) is 121 cm³/mol. The van der Waals surface area contributed by atoms with E-state index in [1.54, 1.807) is 14.2 Å². The second-order valence-electron chi connectivity index (χ2n) is 8.71. The lowest BCUT2D eigenvalue weighted by Gasteiger charge is -2.28. The quantitative estimate of drug-likeness (QED) is 0.692. The summed E-state index contributed by atoms with van der Waals surface area (Å²) in [6.07, 6.45) is 2.85. The third-order valence-corrected chi connectivity index (χ3v) is 6.49. The Morgan fingerprint density at radius 1 is 1.16 bits per heavy atom. The van der Waals surface area contributed by atoms with Crippen LogP contribution in [-0.4, -0.2) is 77.9 Å². The minimum absolute atomic E-state index is 0.0635. The van der Waals surface area contributed by atoms with Gasteiger partial charge in [0.15, 0.2) is 5.82 Å². The molecule has 0 aliphatic carbocycles. The second kappa shape index (κ2) is 10.3. The molecule has 0 bridgehead atoms. The molecule has 2 aromatic rings. The van der Waals surface area contributed by atoms with Gasteiger partial charge in [0, 0.05) is 44.7 Å². The number of piperidine rings is 1. The molecule has 1 aromatic carbocycles. The van der Waals surface area contributed by atoms with Crippen molar-refractivity contribution in [2.45, 2.75) is 38.9 Å². The van der Waals surface area contributed by atoms with Crippen molar-refractivity contribution in [2.75, 3.05) is 47.4 Å². The van der Waals surface area contributed by atoms with Gasteiger partial charge in [-0.25, -0.2) is 0 Å². The van der Waals surface area contributed by atoms with Crippen molar-refractivity contribution in [1.82, 2.24) is 29.9 Å². The second-order valence-corrected chi connectivity index (χ2v) is 8.71. The highest BCUT2D eigenvalue weighted by atomic mass is 16.5. The van der Waals surface area contributed by atoms with Gasteiger partial charge in [0.05, 0.1) is 26.7 Å². The molecular formula is C23H34N6O3. The average molecular weight is 443 g/mol. The number of hydrogen-bond acceptors (Lipinski definition) is 7. The summed E-state index contributed by atoms with van der Waals surface area (Å²) in [5.41, 5.74) is 1.11. The summed E-state index contributed by atoms with van der Waals surface area (Å²) >= 11 is 0. The minimum atomic E-state index is 0.0635. The number of likely N-dealkylation sites (tertiary alicyclic amines) is 1. The van der Waals surface area contributed by atoms with E-state index in [1.165, 1.54) is 0 Å². The summed E-state index contributed by atoms with van der Waals surface area (Å²) < 4.78 is 13.1. The molecule has 1 saturated heterocycles. The number of nitrogens with zero attached hydrogens (tertiary/aromatic N) is 5. The molecule has 0 spiro atoms. The molecule has 1 unspecified atom stereocenters. The molecule has 2 aliphatic heterocycles. The Kier molecular flexibility index (Phi) is 7.26. The summed E-state index contributed by atoms with van der Waals surface area (Å²) in [5.74, 6) is 3.69. The summed E-state index contributed by atoms with van der Waals surface area (Å²) in [6.45, 7) is 5.66. The molecule has 0 saturated carbocycles. The topological polar surface area (TPSA) is 84.8 Å². The third-order valence-electron chi connectivity index (χ3n) is 6.49. The van der Waals surface area contributed by atoms with E-state index in [-0.39, 0.29) is 11.8 Å². The number of aromatic nitrogens is 3. The smallest absolute Gasteiger partial charge is 0.224 e. The molecule has 1 aromatic heterocycles. The number of benzene rings is 1. The van der Waals surface area contributed by atoms with E-state index in [0.717, 1.165) is 87.2 Å². The zero-order chi connectivity index (χ0) is 22.5. The van der Waals surface area contributed by atoms with Crippen LogP contribution >= 0.6 is 0 Å².